The van der Waals surface area contributed by atoms with Gasteiger partial charge in [-0.3, -0.25) is 0 Å². The molecule has 2 rings (SSSR count). The van der Waals surface area contributed by atoms with Crippen molar-refractivity contribution < 1.29 is 20.8 Å². The smallest absolute Gasteiger partial charge is 0.359 e. The lowest BCUT2D eigenvalue weighted by atomic mass is 10.1. The van der Waals surface area contributed by atoms with Crippen LogP contribution in [0.4, 0.5) is 4.39 Å². The van der Waals surface area contributed by atoms with Crippen LogP contribution < -0.4 is 0 Å². The zero-order valence-electron chi connectivity index (χ0n) is 15.5. The molecule has 1 atom stereocenters. The molecule has 0 bridgehead atoms. The number of hydrogen-bond acceptors (Lipinski definition) is 3. The Hall–Kier alpha value is -2.17. The molecule has 0 radical (unpaired) electrons. The van der Waals surface area contributed by atoms with E-state index < -0.39 is 53.9 Å². The number of carbonyl (C=O) groups is 1. The first-order chi connectivity index (χ1) is 11.2. The summed E-state index contributed by atoms with van der Waals surface area (Å²) in [6, 6.07) is -3.29. The minimum Gasteiger partial charge on any atom is -0.461 e. The number of halogens is 1. The summed E-state index contributed by atoms with van der Waals surface area (Å²) < 4.78 is 58.7. The van der Waals surface area contributed by atoms with E-state index in [1.807, 2.05) is 0 Å². The molecule has 1 aromatic heterocycles. The van der Waals surface area contributed by atoms with E-state index in [0.717, 1.165) is 10.9 Å². The van der Waals surface area contributed by atoms with E-state index in [0.29, 0.717) is 0 Å². The van der Waals surface area contributed by atoms with Crippen molar-refractivity contribution in [1.82, 2.24) is 9.55 Å². The predicted octanol–water partition coefficient (Wildman–Crippen LogP) is 2.81. The minimum absolute atomic E-state index is 0.0342. The van der Waals surface area contributed by atoms with Gasteiger partial charge in [0.05, 0.1) is 25.8 Å². The topological polar surface area (TPSA) is 44.1 Å². The highest BCUT2D eigenvalue weighted by Gasteiger charge is 2.23. The summed E-state index contributed by atoms with van der Waals surface area (Å²) in [5.41, 5.74) is -0.528. The quantitative estimate of drug-likeness (QED) is 0.800. The summed E-state index contributed by atoms with van der Waals surface area (Å²) in [7, 11) is 0. The van der Waals surface area contributed by atoms with Crippen LogP contribution in [0.3, 0.4) is 0 Å². The first-order valence-corrected chi connectivity index (χ1v) is 5.68. The van der Waals surface area contributed by atoms with E-state index in [2.05, 4.69) is 4.98 Å². The van der Waals surface area contributed by atoms with Crippen LogP contribution in [0.2, 0.25) is 0 Å². The van der Waals surface area contributed by atoms with Crippen molar-refractivity contribution in [2.75, 3.05) is 6.61 Å². The van der Waals surface area contributed by atoms with Gasteiger partial charge in [0.25, 0.3) is 0 Å². The number of rotatable bonds is 4. The van der Waals surface area contributed by atoms with Crippen LogP contribution in [0.15, 0.2) is 36.5 Å². The van der Waals surface area contributed by atoms with Gasteiger partial charge in [0.1, 0.15) is 0 Å². The lowest BCUT2D eigenvalue weighted by Crippen LogP contribution is -2.16. The van der Waals surface area contributed by atoms with Gasteiger partial charge in [-0.15, -0.1) is 0 Å². The number of esters is 1. The molecular formula is C14H15FN2O2. The molecule has 0 saturated carbocycles. The molecule has 100 valence electrons. The first kappa shape index (κ1) is 8.09. The highest BCUT2D eigenvalue weighted by Crippen LogP contribution is 2.21. The van der Waals surface area contributed by atoms with Gasteiger partial charge in [0.15, 0.2) is 5.69 Å². The molecule has 1 aromatic carbocycles. The Labute approximate surface area is 117 Å². The maximum Gasteiger partial charge on any atom is 0.359 e. The Morgan fingerprint density at radius 1 is 1.53 bits per heavy atom. The fourth-order valence-corrected chi connectivity index (χ4v) is 1.63. The Morgan fingerprint density at radius 3 is 2.84 bits per heavy atom. The Morgan fingerprint density at radius 2 is 2.21 bits per heavy atom. The van der Waals surface area contributed by atoms with Crippen LogP contribution in [-0.4, -0.2) is 22.1 Å². The van der Waals surface area contributed by atoms with Gasteiger partial charge in [0, 0.05) is 0 Å². The van der Waals surface area contributed by atoms with Crippen LogP contribution >= 0.6 is 0 Å². The summed E-state index contributed by atoms with van der Waals surface area (Å²) in [4.78, 5) is 15.4. The van der Waals surface area contributed by atoms with Gasteiger partial charge < -0.3 is 9.30 Å². The van der Waals surface area contributed by atoms with Crippen molar-refractivity contribution in [2.24, 2.45) is 0 Å². The van der Waals surface area contributed by atoms with Gasteiger partial charge in [-0.2, -0.15) is 4.39 Å². The third-order valence-corrected chi connectivity index (χ3v) is 2.57. The lowest BCUT2D eigenvalue weighted by Gasteiger charge is -2.16. The number of ether oxygens (including phenoxy) is 1. The van der Waals surface area contributed by atoms with E-state index in [9.17, 15) is 9.18 Å². The van der Waals surface area contributed by atoms with Crippen LogP contribution in [0.5, 0.6) is 0 Å². The summed E-state index contributed by atoms with van der Waals surface area (Å²) in [6.07, 6.45) is 1.03. The normalized spacial score (nSPS) is 15.8. The standard InChI is InChI=1S/C14H15FN2O2/c1-3-19-14(18)12-13(15)16-9-17(12)10(2)11-7-5-4-6-8-11/h4-10H,3H2,1-2H3/i4D,5D,6D,7D,8D. The maximum atomic E-state index is 13.9. The number of carbonyl (C=O) groups excluding carboxylic acids is 1. The summed E-state index contributed by atoms with van der Waals surface area (Å²) >= 11 is 0. The number of benzene rings is 1. The van der Waals surface area contributed by atoms with Gasteiger partial charge >= 0.3 is 5.97 Å². The molecule has 2 aromatic rings. The molecule has 0 aliphatic carbocycles. The molecule has 0 aliphatic rings. The Balaban J connectivity index is 2.64. The van der Waals surface area contributed by atoms with Gasteiger partial charge in [0.2, 0.25) is 5.95 Å². The number of hydrogen-bond donors (Lipinski definition) is 0. The third-order valence-electron chi connectivity index (χ3n) is 2.57. The molecule has 0 saturated heterocycles. The van der Waals surface area contributed by atoms with Crippen LogP contribution in [0, 0.1) is 5.95 Å². The SMILES string of the molecule is [2H]c1c([2H])c([2H])c(C(C)n2cnc(F)c2C(=O)OCC)c([2H])c1[2H]. The zero-order valence-corrected chi connectivity index (χ0v) is 10.5. The van der Waals surface area contributed by atoms with Gasteiger partial charge in [-0.25, -0.2) is 9.78 Å². The monoisotopic (exact) mass is 267 g/mol. The van der Waals surface area contributed by atoms with Gasteiger partial charge in [-0.1, -0.05) is 30.2 Å². The van der Waals surface area contributed by atoms with Crippen molar-refractivity contribution in [3.63, 3.8) is 0 Å². The number of aromatic nitrogens is 2. The summed E-state index contributed by atoms with van der Waals surface area (Å²) in [6.45, 7) is 3.08. The maximum absolute atomic E-state index is 13.9. The largest absolute Gasteiger partial charge is 0.461 e. The molecule has 5 heteroatoms. The van der Waals surface area contributed by atoms with E-state index >= 15 is 0 Å². The lowest BCUT2D eigenvalue weighted by molar-refractivity contribution is 0.0506. The van der Waals surface area contributed by atoms with Crippen molar-refractivity contribution in [2.45, 2.75) is 19.9 Å². The fourth-order valence-electron chi connectivity index (χ4n) is 1.63. The Kier molecular flexibility index (Phi) is 2.40. The van der Waals surface area contributed by atoms with Gasteiger partial charge in [-0.05, 0) is 19.4 Å². The van der Waals surface area contributed by atoms with Crippen LogP contribution in [0.25, 0.3) is 0 Å². The molecule has 0 fully saturated rings. The predicted molar refractivity (Wildman–Crippen MR) is 68.4 cm³/mol. The van der Waals surface area contributed by atoms with E-state index in [1.165, 1.54) is 6.92 Å². The molecule has 1 heterocycles. The van der Waals surface area contributed by atoms with Crippen LogP contribution in [0.1, 0.15) is 42.8 Å². The average molecular weight is 267 g/mol. The first-order valence-electron chi connectivity index (χ1n) is 8.18. The fraction of sp³-hybridized carbons (Fsp3) is 0.286. The highest BCUT2D eigenvalue weighted by molar-refractivity contribution is 5.87. The third kappa shape index (κ3) is 2.65. The molecule has 0 amide bonds. The molecule has 0 N–H and O–H groups in total. The van der Waals surface area contributed by atoms with E-state index in [4.69, 9.17) is 11.6 Å². The van der Waals surface area contributed by atoms with Crippen molar-refractivity contribution >= 4 is 5.97 Å². The second kappa shape index (κ2) is 5.65. The van der Waals surface area contributed by atoms with Crippen molar-refractivity contribution in [1.29, 1.82) is 0 Å². The number of nitrogens with zero attached hydrogens (tertiary/aromatic N) is 2. The summed E-state index contributed by atoms with van der Waals surface area (Å²) in [5.74, 6) is -1.99. The second-order valence-electron chi connectivity index (χ2n) is 3.73. The molecular weight excluding hydrogens is 247 g/mol. The van der Waals surface area contributed by atoms with Crippen LogP contribution in [-0.2, 0) is 4.74 Å². The van der Waals surface area contributed by atoms with Crippen molar-refractivity contribution in [3.8, 4) is 0 Å². The molecule has 4 nitrogen and oxygen atoms in total. The second-order valence-corrected chi connectivity index (χ2v) is 3.73. The zero-order chi connectivity index (χ0) is 18.2. The Bertz CT molecular complexity index is 780. The van der Waals surface area contributed by atoms with E-state index in [-0.39, 0.29) is 12.2 Å². The van der Waals surface area contributed by atoms with E-state index in [1.54, 1.807) is 6.92 Å². The molecule has 19 heavy (non-hydrogen) atoms. The molecule has 1 unspecified atom stereocenters. The van der Waals surface area contributed by atoms with Crippen molar-refractivity contribution in [3.05, 3.63) is 53.7 Å². The number of imidazole rings is 1. The minimum atomic E-state index is -1.05. The molecule has 0 spiro atoms. The average Bonchev–Trinajstić information content (AvgIpc) is 2.93. The highest BCUT2D eigenvalue weighted by atomic mass is 19.1. The molecule has 0 aliphatic heterocycles. The summed E-state index contributed by atoms with van der Waals surface area (Å²) in [5, 5.41) is 0.